The lowest BCUT2D eigenvalue weighted by Crippen LogP contribution is -2.53. The molecule has 1 saturated heterocycles. The molecule has 0 aromatic carbocycles. The largest absolute Gasteiger partial charge is 0.338 e. The van der Waals surface area contributed by atoms with E-state index in [4.69, 9.17) is 0 Å². The van der Waals surface area contributed by atoms with E-state index in [0.29, 0.717) is 30.9 Å². The number of hydrogen-bond acceptors (Lipinski definition) is 8. The summed E-state index contributed by atoms with van der Waals surface area (Å²) in [6.45, 7) is 3.73. The number of piperidine rings is 1. The van der Waals surface area contributed by atoms with Gasteiger partial charge in [-0.3, -0.25) is 9.88 Å². The van der Waals surface area contributed by atoms with E-state index in [9.17, 15) is 0 Å². The number of anilines is 1. The molecule has 2 aliphatic rings. The maximum Gasteiger partial charge on any atom is 0.225 e. The summed E-state index contributed by atoms with van der Waals surface area (Å²) < 4.78 is 16.9. The van der Waals surface area contributed by atoms with Gasteiger partial charge in [0.15, 0.2) is 5.82 Å². The third-order valence-corrected chi connectivity index (χ3v) is 6.02. The first kappa shape index (κ1) is 19.9. The highest BCUT2D eigenvalue weighted by molar-refractivity contribution is 5.31. The maximum atomic E-state index is 15.3. The van der Waals surface area contributed by atoms with Gasteiger partial charge in [-0.2, -0.15) is 5.10 Å². The number of nitrogens with zero attached hydrogens (tertiary/aromatic N) is 9. The van der Waals surface area contributed by atoms with Gasteiger partial charge in [0, 0.05) is 37.6 Å². The van der Waals surface area contributed by atoms with E-state index in [2.05, 4.69) is 41.8 Å². The predicted molar refractivity (Wildman–Crippen MR) is 112 cm³/mol. The third kappa shape index (κ3) is 4.39. The van der Waals surface area contributed by atoms with Gasteiger partial charge in [-0.1, -0.05) is 6.92 Å². The van der Waals surface area contributed by atoms with Crippen molar-refractivity contribution in [1.82, 2.24) is 39.6 Å². The Labute approximate surface area is 180 Å². The fourth-order valence-electron chi connectivity index (χ4n) is 4.13. The highest BCUT2D eigenvalue weighted by atomic mass is 19.1. The van der Waals surface area contributed by atoms with Crippen LogP contribution in [0.3, 0.4) is 0 Å². The molecule has 3 aromatic heterocycles. The van der Waals surface area contributed by atoms with Gasteiger partial charge >= 0.3 is 0 Å². The predicted octanol–water partition coefficient (Wildman–Crippen LogP) is 1.99. The van der Waals surface area contributed by atoms with Crippen molar-refractivity contribution in [2.75, 3.05) is 18.0 Å². The van der Waals surface area contributed by atoms with Crippen molar-refractivity contribution in [3.05, 3.63) is 48.7 Å². The molecule has 2 unspecified atom stereocenters. The summed E-state index contributed by atoms with van der Waals surface area (Å²) in [5.41, 5.74) is 1.93. The molecule has 1 aliphatic heterocycles. The topological polar surface area (TPSA) is 88.8 Å². The zero-order valence-electron chi connectivity index (χ0n) is 17.5. The molecule has 0 radical (unpaired) electrons. The highest BCUT2D eigenvalue weighted by Gasteiger charge is 2.41. The monoisotopic (exact) mass is 423 g/mol. The second-order valence-electron chi connectivity index (χ2n) is 8.17. The molecule has 0 amide bonds. The summed E-state index contributed by atoms with van der Waals surface area (Å²) in [5, 5.41) is 4.07. The molecule has 31 heavy (non-hydrogen) atoms. The molecule has 9 nitrogen and oxygen atoms in total. The van der Waals surface area contributed by atoms with Crippen LogP contribution in [0.1, 0.15) is 37.4 Å². The van der Waals surface area contributed by atoms with E-state index in [0.717, 1.165) is 43.5 Å². The fourth-order valence-corrected chi connectivity index (χ4v) is 4.13. The first-order valence-electron chi connectivity index (χ1n) is 10.8. The van der Waals surface area contributed by atoms with Gasteiger partial charge in [0.05, 0.1) is 24.6 Å². The molecule has 2 fully saturated rings. The Morgan fingerprint density at radius 1 is 1.06 bits per heavy atom. The van der Waals surface area contributed by atoms with Crippen molar-refractivity contribution < 1.29 is 4.39 Å². The van der Waals surface area contributed by atoms with Crippen LogP contribution in [0.25, 0.3) is 5.82 Å². The van der Waals surface area contributed by atoms with Gasteiger partial charge in [-0.15, -0.1) is 0 Å². The Bertz CT molecular complexity index is 973. The number of rotatable bonds is 7. The molecule has 10 heteroatoms. The Balaban J connectivity index is 1.25. The minimum Gasteiger partial charge on any atom is -0.338 e. The molecule has 0 N–H and O–H groups in total. The Morgan fingerprint density at radius 3 is 2.52 bits per heavy atom. The van der Waals surface area contributed by atoms with Crippen molar-refractivity contribution >= 4 is 5.95 Å². The number of aryl methyl sites for hydroxylation is 1. The summed E-state index contributed by atoms with van der Waals surface area (Å²) in [7, 11) is 0. The molecular weight excluding hydrogens is 397 g/mol. The second-order valence-corrected chi connectivity index (χ2v) is 8.17. The van der Waals surface area contributed by atoms with Gasteiger partial charge in [0.25, 0.3) is 0 Å². The molecule has 0 spiro atoms. The average Bonchev–Trinajstić information content (AvgIpc) is 3.51. The first-order chi connectivity index (χ1) is 15.2. The lowest BCUT2D eigenvalue weighted by molar-refractivity contribution is 0.0781. The summed E-state index contributed by atoms with van der Waals surface area (Å²) in [5.74, 6) is 1.23. The lowest BCUT2D eigenvalue weighted by Gasteiger charge is -2.40. The number of aromatic nitrogens is 7. The fraction of sp³-hybridized carbons (Fsp3) is 0.524. The molecule has 162 valence electrons. The third-order valence-electron chi connectivity index (χ3n) is 6.02. The quantitative estimate of drug-likeness (QED) is 0.570. The molecule has 3 aromatic rings. The normalized spacial score (nSPS) is 21.6. The number of hydrogen-bond donors (Lipinski definition) is 0. The Kier molecular flexibility index (Phi) is 5.54. The van der Waals surface area contributed by atoms with Crippen LogP contribution >= 0.6 is 0 Å². The maximum absolute atomic E-state index is 15.3. The molecular formula is C21H26FN9. The minimum absolute atomic E-state index is 0.129. The first-order valence-corrected chi connectivity index (χ1v) is 10.8. The standard InChI is InChI=1S/C21H26FN9/c1-2-15-7-26-21(27-8-15)29-6-5-19(18(22)12-29)30(17-3-4-17)11-16-9-25-20(10-24-16)31-14-23-13-28-31/h7-10,13-14,17-19H,2-6,11-12H2,1H3. The van der Waals surface area contributed by atoms with Crippen LogP contribution < -0.4 is 4.90 Å². The highest BCUT2D eigenvalue weighted by Crippen LogP contribution is 2.34. The van der Waals surface area contributed by atoms with E-state index in [1.54, 1.807) is 23.4 Å². The summed E-state index contributed by atoms with van der Waals surface area (Å²) in [6.07, 6.45) is 13.0. The van der Waals surface area contributed by atoms with E-state index in [-0.39, 0.29) is 6.04 Å². The van der Waals surface area contributed by atoms with Gasteiger partial charge in [-0.05, 0) is 31.2 Å². The zero-order chi connectivity index (χ0) is 21.2. The van der Waals surface area contributed by atoms with Gasteiger partial charge < -0.3 is 4.90 Å². The van der Waals surface area contributed by atoms with Crippen molar-refractivity contribution in [3.8, 4) is 5.82 Å². The van der Waals surface area contributed by atoms with Crippen LogP contribution in [-0.2, 0) is 13.0 Å². The number of halogens is 1. The zero-order valence-corrected chi connectivity index (χ0v) is 17.5. The molecule has 5 rings (SSSR count). The Morgan fingerprint density at radius 2 is 1.90 bits per heavy atom. The van der Waals surface area contributed by atoms with Crippen LogP contribution in [-0.4, -0.2) is 70.9 Å². The number of alkyl halides is 1. The molecule has 0 bridgehead atoms. The lowest BCUT2D eigenvalue weighted by atomic mass is 10.0. The van der Waals surface area contributed by atoms with E-state index in [1.165, 1.54) is 6.33 Å². The molecule has 1 saturated carbocycles. The summed E-state index contributed by atoms with van der Waals surface area (Å²) in [6, 6.07) is 0.294. The van der Waals surface area contributed by atoms with Crippen LogP contribution in [0.2, 0.25) is 0 Å². The van der Waals surface area contributed by atoms with Crippen LogP contribution in [0, 0.1) is 0 Å². The molecule has 2 atom stereocenters. The van der Waals surface area contributed by atoms with Crippen molar-refractivity contribution in [2.24, 2.45) is 0 Å². The van der Waals surface area contributed by atoms with Crippen molar-refractivity contribution in [1.29, 1.82) is 0 Å². The van der Waals surface area contributed by atoms with Gasteiger partial charge in [-0.25, -0.2) is 29.0 Å². The van der Waals surface area contributed by atoms with Crippen LogP contribution in [0.4, 0.5) is 10.3 Å². The van der Waals surface area contributed by atoms with E-state index < -0.39 is 6.17 Å². The second kappa shape index (κ2) is 8.62. The minimum atomic E-state index is -0.966. The van der Waals surface area contributed by atoms with Gasteiger partial charge in [0.2, 0.25) is 5.95 Å². The average molecular weight is 424 g/mol. The summed E-state index contributed by atoms with van der Waals surface area (Å²) in [4.78, 5) is 26.0. The van der Waals surface area contributed by atoms with E-state index in [1.807, 2.05) is 17.3 Å². The van der Waals surface area contributed by atoms with Crippen molar-refractivity contribution in [3.63, 3.8) is 0 Å². The Hall–Kier alpha value is -3.01. The van der Waals surface area contributed by atoms with Gasteiger partial charge in [0.1, 0.15) is 18.8 Å². The van der Waals surface area contributed by atoms with Crippen LogP contribution in [0.5, 0.6) is 0 Å². The van der Waals surface area contributed by atoms with Crippen LogP contribution in [0.15, 0.2) is 37.4 Å². The molecule has 1 aliphatic carbocycles. The summed E-state index contributed by atoms with van der Waals surface area (Å²) >= 11 is 0. The van der Waals surface area contributed by atoms with E-state index >= 15 is 4.39 Å². The smallest absolute Gasteiger partial charge is 0.225 e. The molecule has 4 heterocycles. The SMILES string of the molecule is CCc1cnc(N2CCC(N(Cc3cnc(-n4cncn4)cn3)C3CC3)C(F)C2)nc1. The van der Waals surface area contributed by atoms with Crippen molar-refractivity contribution in [2.45, 2.75) is 57.4 Å².